The molecule has 7 heteroatoms. The van der Waals surface area contributed by atoms with E-state index >= 15 is 0 Å². The fourth-order valence-electron chi connectivity index (χ4n) is 4.09. The zero-order valence-electron chi connectivity index (χ0n) is 15.6. The second kappa shape index (κ2) is 7.42. The van der Waals surface area contributed by atoms with Crippen molar-refractivity contribution in [1.82, 2.24) is 24.6 Å². The quantitative estimate of drug-likeness (QED) is 0.726. The Morgan fingerprint density at radius 1 is 1.33 bits per heavy atom. The molecule has 142 valence electrons. The van der Waals surface area contributed by atoms with E-state index in [9.17, 15) is 9.59 Å². The van der Waals surface area contributed by atoms with Crippen LogP contribution in [0.4, 0.5) is 0 Å². The average Bonchev–Trinajstić information content (AvgIpc) is 3.30. The number of imidazole rings is 1. The summed E-state index contributed by atoms with van der Waals surface area (Å²) in [6.07, 6.45) is 5.23. The minimum atomic E-state index is -0.162. The van der Waals surface area contributed by atoms with Crippen molar-refractivity contribution in [2.75, 3.05) is 13.1 Å². The zero-order valence-corrected chi connectivity index (χ0v) is 15.6. The maximum absolute atomic E-state index is 12.8. The first kappa shape index (κ1) is 17.6. The number of aromatic amines is 2. The number of nitrogens with one attached hydrogen (secondary N) is 2. The number of para-hydroxylation sites is 2. The van der Waals surface area contributed by atoms with E-state index in [1.165, 1.54) is 11.3 Å². The van der Waals surface area contributed by atoms with Crippen molar-refractivity contribution in [3.63, 3.8) is 0 Å². The van der Waals surface area contributed by atoms with Gasteiger partial charge in [-0.3, -0.25) is 14.5 Å². The van der Waals surface area contributed by atoms with Gasteiger partial charge in [0.2, 0.25) is 5.91 Å². The highest BCUT2D eigenvalue weighted by Gasteiger charge is 2.27. The van der Waals surface area contributed by atoms with E-state index in [0.29, 0.717) is 18.9 Å². The lowest BCUT2D eigenvalue weighted by atomic mass is 9.92. The molecule has 0 unspecified atom stereocenters. The lowest BCUT2D eigenvalue weighted by Gasteiger charge is -2.33. The summed E-state index contributed by atoms with van der Waals surface area (Å²) >= 11 is 0. The van der Waals surface area contributed by atoms with Gasteiger partial charge in [0, 0.05) is 37.7 Å². The smallest absolute Gasteiger partial charge is 0.326 e. The summed E-state index contributed by atoms with van der Waals surface area (Å²) in [6, 6.07) is 7.57. The van der Waals surface area contributed by atoms with Crippen molar-refractivity contribution in [3.8, 4) is 0 Å². The monoisotopic (exact) mass is 367 g/mol. The van der Waals surface area contributed by atoms with Crippen molar-refractivity contribution >= 4 is 16.9 Å². The number of amides is 1. The minimum absolute atomic E-state index is 0.106. The van der Waals surface area contributed by atoms with Gasteiger partial charge in [0.1, 0.15) is 0 Å². The van der Waals surface area contributed by atoms with Gasteiger partial charge in [-0.1, -0.05) is 19.1 Å². The Balaban J connectivity index is 1.43. The number of H-pyrrole nitrogens is 2. The van der Waals surface area contributed by atoms with E-state index in [-0.39, 0.29) is 11.6 Å². The number of carbonyl (C=O) groups excluding carboxylic acids is 1. The molecule has 0 radical (unpaired) electrons. The molecule has 3 aromatic rings. The Hall–Kier alpha value is -2.83. The number of piperidine rings is 1. The van der Waals surface area contributed by atoms with Crippen LogP contribution in [-0.4, -0.2) is 43.6 Å². The van der Waals surface area contributed by atoms with Gasteiger partial charge < -0.3 is 9.88 Å². The first-order valence-electron chi connectivity index (χ1n) is 9.64. The van der Waals surface area contributed by atoms with Crippen LogP contribution in [0.5, 0.6) is 0 Å². The predicted octanol–water partition coefficient (Wildman–Crippen LogP) is 2.41. The molecule has 0 bridgehead atoms. The predicted molar refractivity (Wildman–Crippen MR) is 104 cm³/mol. The summed E-state index contributed by atoms with van der Waals surface area (Å²) in [5, 5.41) is 7.31. The number of aromatic nitrogens is 4. The average molecular weight is 367 g/mol. The Kier molecular flexibility index (Phi) is 4.83. The van der Waals surface area contributed by atoms with Crippen LogP contribution in [0.25, 0.3) is 11.0 Å². The van der Waals surface area contributed by atoms with Crippen molar-refractivity contribution in [1.29, 1.82) is 0 Å². The van der Waals surface area contributed by atoms with Crippen LogP contribution in [0.1, 0.15) is 43.4 Å². The van der Waals surface area contributed by atoms with Gasteiger partial charge in [0.25, 0.3) is 0 Å². The number of fused-ring (bicyclic) bond motifs is 1. The minimum Gasteiger partial charge on any atom is -0.342 e. The van der Waals surface area contributed by atoms with E-state index in [1.807, 2.05) is 35.4 Å². The van der Waals surface area contributed by atoms with Gasteiger partial charge in [-0.15, -0.1) is 0 Å². The van der Waals surface area contributed by atoms with Gasteiger partial charge in [0.05, 0.1) is 17.2 Å². The summed E-state index contributed by atoms with van der Waals surface area (Å²) in [6.45, 7) is 4.02. The fraction of sp³-hybridized carbons (Fsp3) is 0.450. The summed E-state index contributed by atoms with van der Waals surface area (Å²) in [5.74, 6) is 0.422. The van der Waals surface area contributed by atoms with Crippen LogP contribution in [0.2, 0.25) is 0 Å². The number of aryl methyl sites for hydroxylation is 2. The Bertz CT molecular complexity index is 999. The highest BCUT2D eigenvalue weighted by molar-refractivity contribution is 5.77. The first-order chi connectivity index (χ1) is 13.2. The molecule has 1 aromatic carbocycles. The maximum atomic E-state index is 12.8. The summed E-state index contributed by atoms with van der Waals surface area (Å²) in [5.41, 5.74) is 3.89. The summed E-state index contributed by atoms with van der Waals surface area (Å²) in [7, 11) is 0. The zero-order chi connectivity index (χ0) is 18.8. The van der Waals surface area contributed by atoms with Crippen LogP contribution in [0, 0.1) is 0 Å². The van der Waals surface area contributed by atoms with Gasteiger partial charge in [0.15, 0.2) is 0 Å². The number of nitrogens with zero attached hydrogens (tertiary/aromatic N) is 3. The number of benzene rings is 1. The Morgan fingerprint density at radius 2 is 2.19 bits per heavy atom. The molecule has 1 saturated heterocycles. The summed E-state index contributed by atoms with van der Waals surface area (Å²) in [4.78, 5) is 29.7. The highest BCUT2D eigenvalue weighted by Crippen LogP contribution is 2.28. The number of likely N-dealkylation sites (tertiary alicyclic amines) is 1. The van der Waals surface area contributed by atoms with Gasteiger partial charge in [-0.25, -0.2) is 4.79 Å². The molecule has 1 aliphatic heterocycles. The standard InChI is InChI=1S/C20H25N5O2/c1-2-14-12-21-23-19(14)15-6-5-10-24(13-15)18(26)9-11-25-17-8-4-3-7-16(17)22-20(25)27/h3-4,7-8,12,15H,2,5-6,9-11,13H2,1H3,(H,21,23)(H,22,27)/t15-/m1/s1. The number of rotatable bonds is 5. The van der Waals surface area contributed by atoms with E-state index in [0.717, 1.165) is 43.4 Å². The van der Waals surface area contributed by atoms with E-state index < -0.39 is 0 Å². The Labute approximate surface area is 157 Å². The molecule has 1 amide bonds. The molecule has 1 fully saturated rings. The van der Waals surface area contributed by atoms with E-state index in [4.69, 9.17) is 0 Å². The van der Waals surface area contributed by atoms with Gasteiger partial charge >= 0.3 is 5.69 Å². The van der Waals surface area contributed by atoms with Crippen LogP contribution in [-0.2, 0) is 17.8 Å². The SMILES string of the molecule is CCc1cn[nH]c1[C@@H]1CCCN(C(=O)CCn2c(=O)[nH]c3ccccc32)C1. The normalized spacial score (nSPS) is 17.5. The molecular formula is C20H25N5O2. The highest BCUT2D eigenvalue weighted by atomic mass is 16.2. The molecule has 2 aromatic heterocycles. The molecule has 7 nitrogen and oxygen atoms in total. The second-order valence-electron chi connectivity index (χ2n) is 7.19. The molecular weight excluding hydrogens is 342 g/mol. The van der Waals surface area contributed by atoms with E-state index in [1.54, 1.807) is 4.57 Å². The molecule has 27 heavy (non-hydrogen) atoms. The molecule has 1 atom stereocenters. The largest absolute Gasteiger partial charge is 0.342 e. The van der Waals surface area contributed by atoms with Crippen LogP contribution < -0.4 is 5.69 Å². The van der Waals surface area contributed by atoms with Crippen molar-refractivity contribution in [2.24, 2.45) is 0 Å². The van der Waals surface area contributed by atoms with Gasteiger partial charge in [-0.2, -0.15) is 5.10 Å². The van der Waals surface area contributed by atoms with Crippen LogP contribution in [0.15, 0.2) is 35.3 Å². The topological polar surface area (TPSA) is 86.8 Å². The third-order valence-corrected chi connectivity index (χ3v) is 5.55. The molecule has 2 N–H and O–H groups in total. The maximum Gasteiger partial charge on any atom is 0.326 e. The first-order valence-corrected chi connectivity index (χ1v) is 9.64. The fourth-order valence-corrected chi connectivity index (χ4v) is 4.09. The lowest BCUT2D eigenvalue weighted by molar-refractivity contribution is -0.132. The lowest BCUT2D eigenvalue weighted by Crippen LogP contribution is -2.40. The molecule has 3 heterocycles. The summed E-state index contributed by atoms with van der Waals surface area (Å²) < 4.78 is 1.65. The van der Waals surface area contributed by atoms with Crippen LogP contribution >= 0.6 is 0 Å². The third kappa shape index (κ3) is 3.41. The van der Waals surface area contributed by atoms with E-state index in [2.05, 4.69) is 22.1 Å². The van der Waals surface area contributed by atoms with Crippen molar-refractivity contribution in [3.05, 3.63) is 52.2 Å². The molecule has 1 aliphatic rings. The number of hydrogen-bond acceptors (Lipinski definition) is 3. The number of hydrogen-bond donors (Lipinski definition) is 2. The molecule has 4 rings (SSSR count). The Morgan fingerprint density at radius 3 is 3.04 bits per heavy atom. The molecule has 0 saturated carbocycles. The third-order valence-electron chi connectivity index (χ3n) is 5.55. The molecule has 0 spiro atoms. The second-order valence-corrected chi connectivity index (χ2v) is 7.19. The number of carbonyl (C=O) groups is 1. The van der Waals surface area contributed by atoms with Crippen LogP contribution in [0.3, 0.4) is 0 Å². The van der Waals surface area contributed by atoms with Crippen molar-refractivity contribution in [2.45, 2.75) is 45.1 Å². The van der Waals surface area contributed by atoms with Gasteiger partial charge in [-0.05, 0) is 37.0 Å². The van der Waals surface area contributed by atoms with Crippen molar-refractivity contribution < 1.29 is 4.79 Å². The molecule has 0 aliphatic carbocycles.